The first-order valence-electron chi connectivity index (χ1n) is 9.83. The third-order valence-electron chi connectivity index (χ3n) is 5.42. The van der Waals surface area contributed by atoms with Crippen LogP contribution in [0.2, 0.25) is 0 Å². The lowest BCUT2D eigenvalue weighted by Crippen LogP contribution is -2.32. The van der Waals surface area contributed by atoms with Crippen LogP contribution in [0.3, 0.4) is 0 Å². The zero-order valence-electron chi connectivity index (χ0n) is 16.3. The standard InChI is InChI=1S/C20H28N6O/c1-24-13-14-26(15-16-9-5-6-10-17(16)24)19-21-18(22-20(23-19)27-2)25-11-7-3-4-8-12-25/h5-6,9-10H,3-4,7-8,11-15H2,1-2H3. The minimum atomic E-state index is 0.394. The van der Waals surface area contributed by atoms with Crippen molar-refractivity contribution in [2.45, 2.75) is 32.2 Å². The van der Waals surface area contributed by atoms with Crippen LogP contribution in [0.4, 0.5) is 17.6 Å². The fraction of sp³-hybridized carbons (Fsp3) is 0.550. The number of nitrogens with zero attached hydrogens (tertiary/aromatic N) is 6. The Balaban J connectivity index is 1.65. The molecule has 1 aromatic heterocycles. The molecule has 2 aliphatic heterocycles. The molecule has 144 valence electrons. The molecular formula is C20H28N6O. The van der Waals surface area contributed by atoms with Gasteiger partial charge in [-0.2, -0.15) is 15.0 Å². The molecule has 0 amide bonds. The molecule has 1 aromatic carbocycles. The summed E-state index contributed by atoms with van der Waals surface area (Å²) >= 11 is 0. The number of aromatic nitrogens is 3. The second-order valence-corrected chi connectivity index (χ2v) is 7.30. The van der Waals surface area contributed by atoms with Crippen LogP contribution in [-0.2, 0) is 6.54 Å². The van der Waals surface area contributed by atoms with Crippen molar-refractivity contribution < 1.29 is 4.74 Å². The second kappa shape index (κ2) is 7.98. The van der Waals surface area contributed by atoms with Crippen molar-refractivity contribution in [1.29, 1.82) is 0 Å². The molecular weight excluding hydrogens is 340 g/mol. The van der Waals surface area contributed by atoms with Gasteiger partial charge in [-0.05, 0) is 24.5 Å². The molecule has 1 saturated heterocycles. The third-order valence-corrected chi connectivity index (χ3v) is 5.42. The Morgan fingerprint density at radius 3 is 2.26 bits per heavy atom. The van der Waals surface area contributed by atoms with E-state index in [1.54, 1.807) is 7.11 Å². The molecule has 0 atom stereocenters. The van der Waals surface area contributed by atoms with Crippen LogP contribution >= 0.6 is 0 Å². The van der Waals surface area contributed by atoms with Crippen LogP contribution in [0, 0.1) is 0 Å². The highest BCUT2D eigenvalue weighted by Crippen LogP contribution is 2.27. The summed E-state index contributed by atoms with van der Waals surface area (Å²) in [7, 11) is 3.76. The maximum atomic E-state index is 5.40. The van der Waals surface area contributed by atoms with Crippen molar-refractivity contribution in [1.82, 2.24) is 15.0 Å². The quantitative estimate of drug-likeness (QED) is 0.825. The van der Waals surface area contributed by atoms with Gasteiger partial charge < -0.3 is 19.4 Å². The summed E-state index contributed by atoms with van der Waals surface area (Å²) in [5, 5.41) is 0. The molecule has 4 rings (SSSR count). The number of ether oxygens (including phenoxy) is 1. The topological polar surface area (TPSA) is 57.6 Å². The first-order valence-corrected chi connectivity index (χ1v) is 9.83. The number of methoxy groups -OCH3 is 1. The minimum Gasteiger partial charge on any atom is -0.467 e. The van der Waals surface area contributed by atoms with Gasteiger partial charge in [-0.25, -0.2) is 0 Å². The number of anilines is 3. The second-order valence-electron chi connectivity index (χ2n) is 7.30. The van der Waals surface area contributed by atoms with E-state index in [-0.39, 0.29) is 0 Å². The van der Waals surface area contributed by atoms with Gasteiger partial charge in [0.2, 0.25) is 11.9 Å². The Bertz CT molecular complexity index is 775. The molecule has 0 spiro atoms. The largest absolute Gasteiger partial charge is 0.467 e. The summed E-state index contributed by atoms with van der Waals surface area (Å²) in [6.07, 6.45) is 4.93. The monoisotopic (exact) mass is 368 g/mol. The first-order chi connectivity index (χ1) is 13.2. The number of hydrogen-bond acceptors (Lipinski definition) is 7. The zero-order valence-corrected chi connectivity index (χ0v) is 16.3. The Morgan fingerprint density at radius 1 is 0.815 bits per heavy atom. The summed E-state index contributed by atoms with van der Waals surface area (Å²) < 4.78 is 5.40. The maximum Gasteiger partial charge on any atom is 0.322 e. The van der Waals surface area contributed by atoms with E-state index in [1.165, 1.54) is 36.9 Å². The van der Waals surface area contributed by atoms with Crippen molar-refractivity contribution in [2.75, 3.05) is 55.0 Å². The first kappa shape index (κ1) is 17.8. The Labute approximate surface area is 161 Å². The van der Waals surface area contributed by atoms with E-state index < -0.39 is 0 Å². The van der Waals surface area contributed by atoms with Gasteiger partial charge in [0.1, 0.15) is 0 Å². The predicted molar refractivity (Wildman–Crippen MR) is 108 cm³/mol. The van der Waals surface area contributed by atoms with Gasteiger partial charge in [-0.1, -0.05) is 31.0 Å². The van der Waals surface area contributed by atoms with Gasteiger partial charge in [0.15, 0.2) is 0 Å². The molecule has 3 heterocycles. The van der Waals surface area contributed by atoms with E-state index in [4.69, 9.17) is 9.72 Å². The highest BCUT2D eigenvalue weighted by molar-refractivity contribution is 5.56. The molecule has 0 aliphatic carbocycles. The molecule has 0 unspecified atom stereocenters. The van der Waals surface area contributed by atoms with Crippen LogP contribution in [0.5, 0.6) is 6.01 Å². The molecule has 0 radical (unpaired) electrons. The van der Waals surface area contributed by atoms with Crippen LogP contribution in [0.25, 0.3) is 0 Å². The molecule has 7 nitrogen and oxygen atoms in total. The van der Waals surface area contributed by atoms with Gasteiger partial charge in [0, 0.05) is 45.5 Å². The van der Waals surface area contributed by atoms with Crippen molar-refractivity contribution in [3.63, 3.8) is 0 Å². The van der Waals surface area contributed by atoms with Gasteiger partial charge >= 0.3 is 6.01 Å². The number of benzene rings is 1. The lowest BCUT2D eigenvalue weighted by atomic mass is 10.1. The number of hydrogen-bond donors (Lipinski definition) is 0. The summed E-state index contributed by atoms with van der Waals surface area (Å²) in [6, 6.07) is 8.93. The number of para-hydroxylation sites is 1. The fourth-order valence-corrected chi connectivity index (χ4v) is 3.84. The number of likely N-dealkylation sites (N-methyl/N-ethyl adjacent to an activating group) is 1. The van der Waals surface area contributed by atoms with Gasteiger partial charge in [0.25, 0.3) is 0 Å². The maximum absolute atomic E-state index is 5.40. The highest BCUT2D eigenvalue weighted by atomic mass is 16.5. The van der Waals surface area contributed by atoms with Crippen molar-refractivity contribution >= 4 is 17.6 Å². The van der Waals surface area contributed by atoms with Crippen LogP contribution in [-0.4, -0.2) is 55.3 Å². The smallest absolute Gasteiger partial charge is 0.322 e. The predicted octanol–water partition coefficient (Wildman–Crippen LogP) is 2.72. The lowest BCUT2D eigenvalue weighted by Gasteiger charge is -2.24. The van der Waals surface area contributed by atoms with Crippen molar-refractivity contribution in [2.24, 2.45) is 0 Å². The summed E-state index contributed by atoms with van der Waals surface area (Å²) in [5.74, 6) is 1.44. The lowest BCUT2D eigenvalue weighted by molar-refractivity contribution is 0.377. The van der Waals surface area contributed by atoms with Crippen LogP contribution in [0.1, 0.15) is 31.2 Å². The third kappa shape index (κ3) is 3.91. The zero-order chi connectivity index (χ0) is 18.6. The summed E-state index contributed by atoms with van der Waals surface area (Å²) in [4.78, 5) is 20.8. The van der Waals surface area contributed by atoms with E-state index in [0.29, 0.717) is 12.0 Å². The van der Waals surface area contributed by atoms with Gasteiger partial charge in [-0.15, -0.1) is 0 Å². The number of fused-ring (bicyclic) bond motifs is 1. The van der Waals surface area contributed by atoms with Crippen LogP contribution < -0.4 is 19.4 Å². The fourth-order valence-electron chi connectivity index (χ4n) is 3.84. The molecule has 0 bridgehead atoms. The summed E-state index contributed by atoms with van der Waals surface area (Å²) in [5.41, 5.74) is 2.56. The Kier molecular flexibility index (Phi) is 5.27. The molecule has 2 aromatic rings. The van der Waals surface area contributed by atoms with E-state index in [2.05, 4.69) is 56.0 Å². The molecule has 1 fully saturated rings. The minimum absolute atomic E-state index is 0.394. The van der Waals surface area contributed by atoms with Crippen molar-refractivity contribution in [3.8, 4) is 6.01 Å². The van der Waals surface area contributed by atoms with E-state index in [1.807, 2.05) is 0 Å². The normalized spacial score (nSPS) is 17.9. The van der Waals surface area contributed by atoms with Gasteiger partial charge in [0.05, 0.1) is 7.11 Å². The average Bonchev–Trinajstić information content (AvgIpc) is 3.08. The molecule has 0 saturated carbocycles. The Hall–Kier alpha value is -2.57. The molecule has 0 N–H and O–H groups in total. The number of rotatable bonds is 3. The van der Waals surface area contributed by atoms with Gasteiger partial charge in [-0.3, -0.25) is 0 Å². The Morgan fingerprint density at radius 2 is 1.52 bits per heavy atom. The van der Waals surface area contributed by atoms with E-state index in [0.717, 1.165) is 38.7 Å². The van der Waals surface area contributed by atoms with Crippen LogP contribution in [0.15, 0.2) is 24.3 Å². The molecule has 27 heavy (non-hydrogen) atoms. The molecule has 2 aliphatic rings. The SMILES string of the molecule is COc1nc(N2CCCCCC2)nc(N2CCN(C)c3ccccc3C2)n1. The highest BCUT2D eigenvalue weighted by Gasteiger charge is 2.22. The molecule has 7 heteroatoms. The van der Waals surface area contributed by atoms with E-state index >= 15 is 0 Å². The van der Waals surface area contributed by atoms with Crippen molar-refractivity contribution in [3.05, 3.63) is 29.8 Å². The van der Waals surface area contributed by atoms with E-state index in [9.17, 15) is 0 Å². The average molecular weight is 368 g/mol. The summed E-state index contributed by atoms with van der Waals surface area (Å²) in [6.45, 7) is 4.56.